The Labute approximate surface area is 149 Å². The van der Waals surface area contributed by atoms with Crippen LogP contribution in [0.15, 0.2) is 51.9 Å². The summed E-state index contributed by atoms with van der Waals surface area (Å²) in [4.78, 5) is 24.5. The summed E-state index contributed by atoms with van der Waals surface area (Å²) in [6, 6.07) is 4.99. The number of rotatable bonds is 1. The monoisotopic (exact) mass is 386 g/mol. The van der Waals surface area contributed by atoms with Gasteiger partial charge in [0.05, 0.1) is 10.6 Å². The first kappa shape index (κ1) is 18.0. The van der Waals surface area contributed by atoms with E-state index in [1.165, 1.54) is 29.7 Å². The van der Waals surface area contributed by atoms with Gasteiger partial charge in [-0.25, -0.2) is 0 Å². The van der Waals surface area contributed by atoms with Crippen LogP contribution in [0.2, 0.25) is 0 Å². The van der Waals surface area contributed by atoms with Crippen molar-refractivity contribution in [2.24, 2.45) is 0 Å². The van der Waals surface area contributed by atoms with E-state index < -0.39 is 28.9 Å². The molecule has 8 heteroatoms. The maximum atomic E-state index is 13.2. The Balaban J connectivity index is 2.16. The molecule has 1 atom stereocenters. The summed E-state index contributed by atoms with van der Waals surface area (Å²) in [5.74, 6) is -1.80. The zero-order chi connectivity index (χ0) is 18.6. The lowest BCUT2D eigenvalue weighted by molar-refractivity contribution is -0.144. The molecule has 1 heterocycles. The van der Waals surface area contributed by atoms with Gasteiger partial charge in [-0.1, -0.05) is 41.6 Å². The van der Waals surface area contributed by atoms with E-state index in [2.05, 4.69) is 0 Å². The van der Waals surface area contributed by atoms with Crippen molar-refractivity contribution in [3.05, 3.63) is 63.1 Å². The summed E-state index contributed by atoms with van der Waals surface area (Å²) < 4.78 is 39.6. The van der Waals surface area contributed by atoms with Crippen molar-refractivity contribution in [2.45, 2.75) is 18.7 Å². The standard InChI is InChI=1S/C17H10ClF3O3S/c1-16(24)14(22)10-7-25-12(6-9(10)13(18)15(16)23)8-4-2-3-5-11(8)17(19,20)21/h2-7,24H,1H3. The third-order valence-corrected chi connectivity index (χ3v) is 5.25. The number of aliphatic hydroxyl groups is 1. The fourth-order valence-corrected chi connectivity index (χ4v) is 3.88. The molecule has 1 aromatic carbocycles. The topological polar surface area (TPSA) is 54.4 Å². The Kier molecular flexibility index (Phi) is 4.21. The van der Waals surface area contributed by atoms with Gasteiger partial charge >= 0.3 is 6.18 Å². The van der Waals surface area contributed by atoms with Crippen LogP contribution in [0.4, 0.5) is 13.2 Å². The van der Waals surface area contributed by atoms with E-state index in [1.807, 2.05) is 0 Å². The van der Waals surface area contributed by atoms with Crippen molar-refractivity contribution in [1.82, 2.24) is 0 Å². The van der Waals surface area contributed by atoms with E-state index in [4.69, 9.17) is 11.6 Å². The number of thioether (sulfide) groups is 1. The number of hydrogen-bond acceptors (Lipinski definition) is 4. The van der Waals surface area contributed by atoms with Gasteiger partial charge in [-0.05, 0) is 24.5 Å². The molecular weight excluding hydrogens is 377 g/mol. The number of allylic oxidation sites excluding steroid dienone is 2. The highest BCUT2D eigenvalue weighted by molar-refractivity contribution is 8.11. The van der Waals surface area contributed by atoms with Crippen LogP contribution in [0.3, 0.4) is 0 Å². The average Bonchev–Trinajstić information content (AvgIpc) is 2.57. The van der Waals surface area contributed by atoms with Crippen molar-refractivity contribution >= 4 is 39.8 Å². The molecule has 1 aliphatic heterocycles. The summed E-state index contributed by atoms with van der Waals surface area (Å²) in [5.41, 5.74) is -3.16. The molecule has 25 heavy (non-hydrogen) atoms. The highest BCUT2D eigenvalue weighted by atomic mass is 35.5. The van der Waals surface area contributed by atoms with Crippen LogP contribution >= 0.6 is 23.4 Å². The van der Waals surface area contributed by atoms with Crippen LogP contribution in [0.5, 0.6) is 0 Å². The fourth-order valence-electron chi connectivity index (χ4n) is 2.57. The lowest BCUT2D eigenvalue weighted by Gasteiger charge is -2.29. The van der Waals surface area contributed by atoms with Gasteiger partial charge in [0.15, 0.2) is 5.60 Å². The number of halogens is 4. The van der Waals surface area contributed by atoms with Gasteiger partial charge in [0.2, 0.25) is 11.6 Å². The summed E-state index contributed by atoms with van der Waals surface area (Å²) in [7, 11) is 0. The number of benzene rings is 1. The molecule has 0 radical (unpaired) electrons. The molecule has 0 spiro atoms. The first-order chi connectivity index (χ1) is 11.5. The maximum absolute atomic E-state index is 13.2. The van der Waals surface area contributed by atoms with E-state index >= 15 is 0 Å². The highest BCUT2D eigenvalue weighted by Crippen LogP contribution is 2.46. The first-order valence-corrected chi connectivity index (χ1v) is 8.28. The minimum absolute atomic E-state index is 0.00726. The highest BCUT2D eigenvalue weighted by Gasteiger charge is 2.48. The zero-order valence-electron chi connectivity index (χ0n) is 12.6. The third-order valence-electron chi connectivity index (χ3n) is 3.93. The quantitative estimate of drug-likeness (QED) is 0.739. The summed E-state index contributed by atoms with van der Waals surface area (Å²) in [5, 5.41) is 10.9. The summed E-state index contributed by atoms with van der Waals surface area (Å²) in [6.45, 7) is 1.04. The Morgan fingerprint density at radius 1 is 1.16 bits per heavy atom. The Hall–Kier alpha value is -1.83. The predicted octanol–water partition coefficient (Wildman–Crippen LogP) is 4.07. The number of carbonyl (C=O) groups excluding carboxylic acids is 2. The molecule has 0 saturated heterocycles. The predicted molar refractivity (Wildman–Crippen MR) is 88.6 cm³/mol. The lowest BCUT2D eigenvalue weighted by Crippen LogP contribution is -2.48. The number of fused-ring (bicyclic) bond motifs is 1. The van der Waals surface area contributed by atoms with Crippen molar-refractivity contribution in [3.8, 4) is 0 Å². The number of ketones is 2. The summed E-state index contributed by atoms with van der Waals surface area (Å²) in [6.07, 6.45) is -3.28. The van der Waals surface area contributed by atoms with E-state index in [0.717, 1.165) is 24.8 Å². The van der Waals surface area contributed by atoms with Gasteiger partial charge in [0, 0.05) is 21.6 Å². The molecule has 1 aromatic rings. The van der Waals surface area contributed by atoms with Crippen molar-refractivity contribution in [1.29, 1.82) is 0 Å². The summed E-state index contributed by atoms with van der Waals surface area (Å²) >= 11 is 6.88. The van der Waals surface area contributed by atoms with Gasteiger partial charge in [0.1, 0.15) is 0 Å². The fraction of sp³-hybridized carbons (Fsp3) is 0.176. The molecule has 0 aromatic heterocycles. The molecule has 1 unspecified atom stereocenters. The smallest absolute Gasteiger partial charge is 0.374 e. The minimum Gasteiger partial charge on any atom is -0.374 e. The Morgan fingerprint density at radius 3 is 2.44 bits per heavy atom. The maximum Gasteiger partial charge on any atom is 0.417 e. The second-order valence-corrected chi connectivity index (χ2v) is 6.95. The van der Waals surface area contributed by atoms with Crippen molar-refractivity contribution in [2.75, 3.05) is 0 Å². The average molecular weight is 387 g/mol. The minimum atomic E-state index is -4.55. The number of Topliss-reactive ketones (excluding diaryl/α,β-unsaturated/α-hetero) is 2. The molecule has 2 aliphatic rings. The van der Waals surface area contributed by atoms with Crippen LogP contribution in [0.1, 0.15) is 18.1 Å². The second kappa shape index (κ2) is 5.86. The second-order valence-electron chi connectivity index (χ2n) is 5.66. The molecule has 3 rings (SSSR count). The third kappa shape index (κ3) is 2.86. The molecule has 0 bridgehead atoms. The van der Waals surface area contributed by atoms with Crippen LogP contribution in [0, 0.1) is 0 Å². The molecule has 1 N–H and O–H groups in total. The van der Waals surface area contributed by atoms with Crippen LogP contribution < -0.4 is 0 Å². The van der Waals surface area contributed by atoms with Crippen LogP contribution in [-0.2, 0) is 15.8 Å². The lowest BCUT2D eigenvalue weighted by atomic mass is 9.81. The molecule has 0 fully saturated rings. The number of carbonyl (C=O) groups is 2. The Morgan fingerprint density at radius 2 is 1.80 bits per heavy atom. The van der Waals surface area contributed by atoms with E-state index in [0.29, 0.717) is 0 Å². The molecule has 3 nitrogen and oxygen atoms in total. The van der Waals surface area contributed by atoms with Gasteiger partial charge in [0.25, 0.3) is 0 Å². The molecule has 0 amide bonds. The van der Waals surface area contributed by atoms with E-state index in [9.17, 15) is 27.9 Å². The van der Waals surface area contributed by atoms with Crippen LogP contribution in [-0.4, -0.2) is 22.3 Å². The number of hydrogen-bond donors (Lipinski definition) is 1. The normalized spacial score (nSPS) is 24.1. The van der Waals surface area contributed by atoms with Gasteiger partial charge in [-0.2, -0.15) is 13.2 Å². The largest absolute Gasteiger partial charge is 0.417 e. The first-order valence-electron chi connectivity index (χ1n) is 7.02. The van der Waals surface area contributed by atoms with Crippen molar-refractivity contribution < 1.29 is 27.9 Å². The van der Waals surface area contributed by atoms with Gasteiger partial charge in [-0.15, -0.1) is 0 Å². The van der Waals surface area contributed by atoms with Gasteiger partial charge in [-0.3, -0.25) is 9.59 Å². The molecule has 1 aliphatic carbocycles. The number of alkyl halides is 3. The molecular formula is C17H10ClF3O3S. The SMILES string of the molecule is CC1(O)C(=O)C2=CSC(c3ccccc3C(F)(F)F)=CC2=C(Cl)C1=O. The zero-order valence-corrected chi connectivity index (χ0v) is 14.2. The Bertz CT molecular complexity index is 895. The van der Waals surface area contributed by atoms with Crippen LogP contribution in [0.25, 0.3) is 4.91 Å². The van der Waals surface area contributed by atoms with Crippen molar-refractivity contribution in [3.63, 3.8) is 0 Å². The van der Waals surface area contributed by atoms with E-state index in [-0.39, 0.29) is 26.6 Å². The van der Waals surface area contributed by atoms with Gasteiger partial charge < -0.3 is 5.11 Å². The molecule has 0 saturated carbocycles. The van der Waals surface area contributed by atoms with E-state index in [1.54, 1.807) is 0 Å². The molecule has 130 valence electrons.